The number of aromatic amines is 1. The van der Waals surface area contributed by atoms with E-state index >= 15 is 0 Å². The summed E-state index contributed by atoms with van der Waals surface area (Å²) in [5.74, 6) is -0.671. The maximum Gasteiger partial charge on any atom is 0.340 e. The van der Waals surface area contributed by atoms with Crippen LogP contribution in [0, 0.1) is 18.3 Å². The smallest absolute Gasteiger partial charge is 0.340 e. The van der Waals surface area contributed by atoms with Gasteiger partial charge >= 0.3 is 5.97 Å². The zero-order valence-electron chi connectivity index (χ0n) is 9.14. The van der Waals surface area contributed by atoms with Crippen molar-refractivity contribution in [1.82, 2.24) is 14.6 Å². The number of nitrogens with one attached hydrogen (secondary N) is 1. The topological polar surface area (TPSA) is 100 Å². The molecule has 0 atom stereocenters. The van der Waals surface area contributed by atoms with E-state index in [4.69, 9.17) is 5.26 Å². The van der Waals surface area contributed by atoms with Crippen molar-refractivity contribution in [2.75, 3.05) is 7.11 Å². The molecule has 2 rings (SSSR count). The van der Waals surface area contributed by atoms with Gasteiger partial charge in [-0.15, -0.1) is 0 Å². The molecule has 0 spiro atoms. The normalized spacial score (nSPS) is 10.2. The highest BCUT2D eigenvalue weighted by atomic mass is 16.5. The molecule has 7 nitrogen and oxygen atoms in total. The van der Waals surface area contributed by atoms with Crippen molar-refractivity contribution >= 4 is 11.6 Å². The number of rotatable bonds is 1. The summed E-state index contributed by atoms with van der Waals surface area (Å²) in [4.78, 5) is 23.2. The second-order valence-corrected chi connectivity index (χ2v) is 3.35. The van der Waals surface area contributed by atoms with Crippen LogP contribution in [0.4, 0.5) is 0 Å². The molecule has 0 bridgehead atoms. The first-order valence-corrected chi connectivity index (χ1v) is 4.69. The molecule has 0 aromatic carbocycles. The molecule has 0 aliphatic heterocycles. The molecule has 0 aliphatic carbocycles. The molecule has 17 heavy (non-hydrogen) atoms. The van der Waals surface area contributed by atoms with Crippen molar-refractivity contribution in [3.05, 3.63) is 33.4 Å². The standard InChI is InChI=1S/C10H8N4O3/c1-5-9(15)14-4-7(10(16)17-2)6(3-11)8(14)13-12-5/h4,13H,1-2H3. The lowest BCUT2D eigenvalue weighted by molar-refractivity contribution is 0.0600. The first-order valence-electron chi connectivity index (χ1n) is 4.69. The maximum atomic E-state index is 11.7. The second-order valence-electron chi connectivity index (χ2n) is 3.35. The largest absolute Gasteiger partial charge is 0.465 e. The molecule has 0 saturated carbocycles. The molecule has 0 fully saturated rings. The Hall–Kier alpha value is -2.62. The summed E-state index contributed by atoms with van der Waals surface area (Å²) in [7, 11) is 1.21. The molecule has 0 radical (unpaired) electrons. The maximum absolute atomic E-state index is 11.7. The number of nitrogens with zero attached hydrogens (tertiary/aromatic N) is 3. The Balaban J connectivity index is 2.90. The molecule has 7 heteroatoms. The zero-order chi connectivity index (χ0) is 12.6. The van der Waals surface area contributed by atoms with Gasteiger partial charge in [-0.05, 0) is 6.92 Å². The van der Waals surface area contributed by atoms with Crippen molar-refractivity contribution in [3.8, 4) is 6.07 Å². The van der Waals surface area contributed by atoms with E-state index in [2.05, 4.69) is 14.9 Å². The van der Waals surface area contributed by atoms with E-state index in [-0.39, 0.29) is 28.0 Å². The van der Waals surface area contributed by atoms with Crippen LogP contribution in [0.25, 0.3) is 5.65 Å². The van der Waals surface area contributed by atoms with Crippen LogP contribution >= 0.6 is 0 Å². The Morgan fingerprint density at radius 2 is 2.35 bits per heavy atom. The number of ether oxygens (including phenoxy) is 1. The molecular weight excluding hydrogens is 224 g/mol. The minimum Gasteiger partial charge on any atom is -0.465 e. The Morgan fingerprint density at radius 1 is 1.65 bits per heavy atom. The average Bonchev–Trinajstić information content (AvgIpc) is 2.72. The number of aryl methyl sites for hydroxylation is 1. The number of carbonyl (C=O) groups is 1. The van der Waals surface area contributed by atoms with Gasteiger partial charge < -0.3 is 4.74 Å². The van der Waals surface area contributed by atoms with Gasteiger partial charge in [0.15, 0.2) is 5.65 Å². The third-order valence-corrected chi connectivity index (χ3v) is 2.38. The molecule has 86 valence electrons. The summed E-state index contributed by atoms with van der Waals surface area (Å²) in [6.45, 7) is 1.53. The van der Waals surface area contributed by atoms with E-state index in [1.165, 1.54) is 24.6 Å². The number of nitriles is 1. The number of H-pyrrole nitrogens is 1. The third kappa shape index (κ3) is 1.47. The van der Waals surface area contributed by atoms with Crippen LogP contribution in [0.5, 0.6) is 0 Å². The van der Waals surface area contributed by atoms with Gasteiger partial charge in [0.25, 0.3) is 5.56 Å². The lowest BCUT2D eigenvalue weighted by atomic mass is 10.2. The summed E-state index contributed by atoms with van der Waals surface area (Å²) in [5.41, 5.74) is 0.125. The second kappa shape index (κ2) is 3.75. The predicted molar refractivity (Wildman–Crippen MR) is 56.6 cm³/mol. The number of hydrogen-bond donors (Lipinski definition) is 1. The number of fused-ring (bicyclic) bond motifs is 1. The quantitative estimate of drug-likeness (QED) is 0.697. The SMILES string of the molecule is COC(=O)c1cn2c(=O)c(C)n[nH]c2c1C#N. The molecule has 2 heterocycles. The fourth-order valence-corrected chi connectivity index (χ4v) is 1.51. The molecule has 1 N–H and O–H groups in total. The van der Waals surface area contributed by atoms with E-state index in [1.807, 2.05) is 6.07 Å². The molecule has 0 aliphatic rings. The molecule has 0 amide bonds. The van der Waals surface area contributed by atoms with Gasteiger partial charge in [-0.2, -0.15) is 10.4 Å². The van der Waals surface area contributed by atoms with Gasteiger partial charge in [-0.3, -0.25) is 14.3 Å². The van der Waals surface area contributed by atoms with Crippen LogP contribution in [0.15, 0.2) is 11.0 Å². The lowest BCUT2D eigenvalue weighted by Gasteiger charge is -1.94. The number of aromatic nitrogens is 3. The lowest BCUT2D eigenvalue weighted by Crippen LogP contribution is -2.17. The van der Waals surface area contributed by atoms with Crippen molar-refractivity contribution in [2.45, 2.75) is 6.92 Å². The monoisotopic (exact) mass is 232 g/mol. The predicted octanol–water partition coefficient (Wildman–Crippen LogP) is -0.0107. The fourth-order valence-electron chi connectivity index (χ4n) is 1.51. The summed E-state index contributed by atoms with van der Waals surface area (Å²) in [6, 6.07) is 1.85. The summed E-state index contributed by atoms with van der Waals surface area (Å²) >= 11 is 0. The molecule has 2 aromatic heterocycles. The van der Waals surface area contributed by atoms with E-state index < -0.39 is 5.97 Å². The number of methoxy groups -OCH3 is 1. The zero-order valence-corrected chi connectivity index (χ0v) is 9.14. The van der Waals surface area contributed by atoms with E-state index in [1.54, 1.807) is 0 Å². The van der Waals surface area contributed by atoms with Crippen LogP contribution in [-0.4, -0.2) is 27.7 Å². The van der Waals surface area contributed by atoms with Crippen molar-refractivity contribution < 1.29 is 9.53 Å². The van der Waals surface area contributed by atoms with Gasteiger partial charge in [0.1, 0.15) is 17.3 Å². The highest BCUT2D eigenvalue weighted by molar-refractivity contribution is 5.94. The summed E-state index contributed by atoms with van der Waals surface area (Å²) in [6.07, 6.45) is 1.27. The van der Waals surface area contributed by atoms with Crippen LogP contribution in [-0.2, 0) is 4.74 Å². The van der Waals surface area contributed by atoms with Crippen molar-refractivity contribution in [2.24, 2.45) is 0 Å². The van der Waals surface area contributed by atoms with E-state index in [0.29, 0.717) is 0 Å². The van der Waals surface area contributed by atoms with Crippen LogP contribution < -0.4 is 5.56 Å². The highest BCUT2D eigenvalue weighted by Crippen LogP contribution is 2.14. The van der Waals surface area contributed by atoms with Crippen molar-refractivity contribution in [1.29, 1.82) is 5.26 Å². The molecule has 0 unspecified atom stereocenters. The minimum absolute atomic E-state index is 0.0377. The van der Waals surface area contributed by atoms with Crippen LogP contribution in [0.2, 0.25) is 0 Å². The summed E-state index contributed by atoms with van der Waals surface area (Å²) < 4.78 is 5.71. The fraction of sp³-hybridized carbons (Fsp3) is 0.200. The highest BCUT2D eigenvalue weighted by Gasteiger charge is 2.19. The third-order valence-electron chi connectivity index (χ3n) is 2.38. The number of carbonyl (C=O) groups excluding carboxylic acids is 1. The Morgan fingerprint density at radius 3 is 2.94 bits per heavy atom. The first kappa shape index (κ1) is 10.9. The first-order chi connectivity index (χ1) is 8.10. The Bertz CT molecular complexity index is 705. The van der Waals surface area contributed by atoms with Gasteiger partial charge in [0.05, 0.1) is 12.7 Å². The van der Waals surface area contributed by atoms with Crippen LogP contribution in [0.3, 0.4) is 0 Å². The number of esters is 1. The van der Waals surface area contributed by atoms with Gasteiger partial charge in [0.2, 0.25) is 0 Å². The number of hydrogen-bond acceptors (Lipinski definition) is 5. The van der Waals surface area contributed by atoms with Crippen LogP contribution in [0.1, 0.15) is 21.6 Å². The van der Waals surface area contributed by atoms with E-state index in [0.717, 1.165) is 0 Å². The molecule has 2 aromatic rings. The van der Waals surface area contributed by atoms with Gasteiger partial charge in [-0.25, -0.2) is 4.79 Å². The molecule has 0 saturated heterocycles. The summed E-state index contributed by atoms with van der Waals surface area (Å²) in [5, 5.41) is 15.3. The van der Waals surface area contributed by atoms with Gasteiger partial charge in [0, 0.05) is 6.20 Å². The Kier molecular flexibility index (Phi) is 2.40. The van der Waals surface area contributed by atoms with Gasteiger partial charge in [-0.1, -0.05) is 0 Å². The average molecular weight is 232 g/mol. The van der Waals surface area contributed by atoms with Crippen molar-refractivity contribution in [3.63, 3.8) is 0 Å². The van der Waals surface area contributed by atoms with E-state index in [9.17, 15) is 9.59 Å². The molecular formula is C10H8N4O3. The minimum atomic E-state index is -0.671. The Labute approximate surface area is 95.2 Å².